The maximum absolute atomic E-state index is 13.9. The maximum atomic E-state index is 13.9. The zero-order valence-electron chi connectivity index (χ0n) is 19.4. The number of fused-ring (bicyclic) bond motifs is 7. The highest BCUT2D eigenvalue weighted by atomic mass is 16.5. The lowest BCUT2D eigenvalue weighted by Gasteiger charge is -2.45. The Labute approximate surface area is 189 Å². The number of para-hydroxylation sites is 1. The van der Waals surface area contributed by atoms with Gasteiger partial charge in [0.15, 0.2) is 5.72 Å². The molecule has 0 aromatic heterocycles. The Morgan fingerprint density at radius 2 is 1.75 bits per heavy atom. The standard InChI is InChI=1S/C28H30N2O2/c1-26(2,3)29-25(31)24-19-16-28(27(4,5)20-12-8-9-13-21(20)30(24)28)32-22-15-14-17-10-6-7-11-18(17)23(19)22/h6-15,19,24H,16H2,1-5H3,(H,29,31)/t19-,24+,28+/m1/s1. The van der Waals surface area contributed by atoms with Crippen molar-refractivity contribution >= 4 is 22.4 Å². The van der Waals surface area contributed by atoms with Crippen molar-refractivity contribution in [2.45, 2.75) is 69.7 Å². The Morgan fingerprint density at radius 3 is 2.53 bits per heavy atom. The molecule has 2 bridgehead atoms. The van der Waals surface area contributed by atoms with E-state index in [0.717, 1.165) is 17.9 Å². The molecule has 4 heteroatoms. The van der Waals surface area contributed by atoms with E-state index in [1.54, 1.807) is 0 Å². The summed E-state index contributed by atoms with van der Waals surface area (Å²) in [5.41, 5.74) is 2.38. The van der Waals surface area contributed by atoms with Gasteiger partial charge in [-0.05, 0) is 63.1 Å². The molecule has 0 radical (unpaired) electrons. The maximum Gasteiger partial charge on any atom is 0.243 e. The Morgan fingerprint density at radius 1 is 1.03 bits per heavy atom. The molecular weight excluding hydrogens is 396 g/mol. The van der Waals surface area contributed by atoms with E-state index in [2.05, 4.69) is 84.7 Å². The Hall–Kier alpha value is -3.01. The van der Waals surface area contributed by atoms with Crippen LogP contribution in [0.25, 0.3) is 10.8 Å². The summed E-state index contributed by atoms with van der Waals surface area (Å²) in [5, 5.41) is 5.66. The van der Waals surface area contributed by atoms with Crippen molar-refractivity contribution in [2.75, 3.05) is 4.90 Å². The number of nitrogens with zero attached hydrogens (tertiary/aromatic N) is 1. The molecule has 1 saturated heterocycles. The van der Waals surface area contributed by atoms with Crippen molar-refractivity contribution in [3.05, 3.63) is 71.8 Å². The largest absolute Gasteiger partial charge is 0.467 e. The molecule has 0 saturated carbocycles. The van der Waals surface area contributed by atoms with Gasteiger partial charge in [0.1, 0.15) is 11.8 Å². The first-order valence-corrected chi connectivity index (χ1v) is 11.6. The SMILES string of the molecule is CC(C)(C)NC(=O)[C@@H]1[C@@H]2C[C@@]3(Oc4ccc5ccccc5c42)N1c1ccccc1C3(C)C. The molecule has 164 valence electrons. The molecule has 6 rings (SSSR count). The van der Waals surface area contributed by atoms with Crippen molar-refractivity contribution in [1.29, 1.82) is 0 Å². The number of carbonyl (C=O) groups excluding carboxylic acids is 1. The first kappa shape index (κ1) is 19.7. The fourth-order valence-electron chi connectivity index (χ4n) is 6.39. The quantitative estimate of drug-likeness (QED) is 0.559. The second-order valence-electron chi connectivity index (χ2n) is 11.1. The summed E-state index contributed by atoms with van der Waals surface area (Å²) < 4.78 is 7.00. The molecule has 3 aliphatic heterocycles. The number of hydrogen-bond acceptors (Lipinski definition) is 3. The number of carbonyl (C=O) groups is 1. The lowest BCUT2D eigenvalue weighted by Crippen LogP contribution is -2.60. The molecule has 0 aliphatic carbocycles. The van der Waals surface area contributed by atoms with Crippen LogP contribution in [-0.4, -0.2) is 23.2 Å². The fourth-order valence-corrected chi connectivity index (χ4v) is 6.39. The van der Waals surface area contributed by atoms with E-state index in [4.69, 9.17) is 4.74 Å². The lowest BCUT2D eigenvalue weighted by atomic mass is 9.72. The summed E-state index contributed by atoms with van der Waals surface area (Å²) >= 11 is 0. The van der Waals surface area contributed by atoms with Gasteiger partial charge < -0.3 is 15.0 Å². The zero-order valence-corrected chi connectivity index (χ0v) is 19.4. The van der Waals surface area contributed by atoms with Crippen molar-refractivity contribution in [3.63, 3.8) is 0 Å². The Balaban J connectivity index is 1.62. The summed E-state index contributed by atoms with van der Waals surface area (Å²) in [7, 11) is 0. The molecule has 1 N–H and O–H groups in total. The molecule has 3 aromatic carbocycles. The van der Waals surface area contributed by atoms with Crippen LogP contribution >= 0.6 is 0 Å². The molecule has 0 unspecified atom stereocenters. The number of hydrogen-bond donors (Lipinski definition) is 1. The van der Waals surface area contributed by atoms with Gasteiger partial charge in [0.2, 0.25) is 5.91 Å². The van der Waals surface area contributed by atoms with E-state index in [1.807, 2.05) is 20.8 Å². The highest BCUT2D eigenvalue weighted by Crippen LogP contribution is 2.65. The van der Waals surface area contributed by atoms with Crippen LogP contribution in [0.4, 0.5) is 5.69 Å². The van der Waals surface area contributed by atoms with E-state index >= 15 is 0 Å². The highest BCUT2D eigenvalue weighted by Gasteiger charge is 2.70. The van der Waals surface area contributed by atoms with Crippen LogP contribution in [0.2, 0.25) is 0 Å². The fraction of sp³-hybridized carbons (Fsp3) is 0.393. The predicted molar refractivity (Wildman–Crippen MR) is 128 cm³/mol. The first-order chi connectivity index (χ1) is 15.1. The van der Waals surface area contributed by atoms with Gasteiger partial charge in [0.25, 0.3) is 0 Å². The summed E-state index contributed by atoms with van der Waals surface area (Å²) in [4.78, 5) is 16.2. The number of benzene rings is 3. The number of anilines is 1. The van der Waals surface area contributed by atoms with E-state index < -0.39 is 5.72 Å². The van der Waals surface area contributed by atoms with E-state index in [9.17, 15) is 4.79 Å². The van der Waals surface area contributed by atoms with Crippen LogP contribution in [0, 0.1) is 0 Å². The Kier molecular flexibility index (Phi) is 3.72. The highest BCUT2D eigenvalue weighted by molar-refractivity contribution is 5.95. The van der Waals surface area contributed by atoms with Crippen LogP contribution in [0.1, 0.15) is 58.1 Å². The molecule has 32 heavy (non-hydrogen) atoms. The number of rotatable bonds is 1. The molecule has 3 aliphatic rings. The van der Waals surface area contributed by atoms with Gasteiger partial charge >= 0.3 is 0 Å². The topological polar surface area (TPSA) is 41.6 Å². The van der Waals surface area contributed by atoms with Crippen molar-refractivity contribution in [3.8, 4) is 5.75 Å². The van der Waals surface area contributed by atoms with Crippen LogP contribution in [0.3, 0.4) is 0 Å². The van der Waals surface area contributed by atoms with Crippen LogP contribution < -0.4 is 15.0 Å². The minimum absolute atomic E-state index is 0.0554. The predicted octanol–water partition coefficient (Wildman–Crippen LogP) is 5.50. The molecule has 4 nitrogen and oxygen atoms in total. The van der Waals surface area contributed by atoms with E-state index in [-0.39, 0.29) is 28.8 Å². The van der Waals surface area contributed by atoms with Gasteiger partial charge in [0.05, 0.1) is 5.41 Å². The summed E-state index contributed by atoms with van der Waals surface area (Å²) in [6.45, 7) is 10.7. The number of nitrogens with one attached hydrogen (secondary N) is 1. The summed E-state index contributed by atoms with van der Waals surface area (Å²) in [6.07, 6.45) is 0.790. The monoisotopic (exact) mass is 426 g/mol. The molecule has 1 spiro atoms. The van der Waals surface area contributed by atoms with Gasteiger partial charge in [-0.2, -0.15) is 0 Å². The average molecular weight is 427 g/mol. The third kappa shape index (κ3) is 2.35. The zero-order chi connectivity index (χ0) is 22.5. The second-order valence-corrected chi connectivity index (χ2v) is 11.1. The van der Waals surface area contributed by atoms with Gasteiger partial charge in [-0.15, -0.1) is 0 Å². The Bertz CT molecular complexity index is 1270. The van der Waals surface area contributed by atoms with Crippen molar-refractivity contribution in [2.24, 2.45) is 0 Å². The molecule has 1 fully saturated rings. The summed E-state index contributed by atoms with van der Waals surface area (Å²) in [6, 6.07) is 20.9. The van der Waals surface area contributed by atoms with Crippen molar-refractivity contribution < 1.29 is 9.53 Å². The van der Waals surface area contributed by atoms with E-state index in [1.165, 1.54) is 21.9 Å². The smallest absolute Gasteiger partial charge is 0.243 e. The van der Waals surface area contributed by atoms with Crippen LogP contribution in [-0.2, 0) is 10.2 Å². The van der Waals surface area contributed by atoms with Gasteiger partial charge in [-0.3, -0.25) is 4.79 Å². The number of amides is 1. The molecule has 1 amide bonds. The van der Waals surface area contributed by atoms with Crippen LogP contribution in [0.15, 0.2) is 60.7 Å². The molecular formula is C28H30N2O2. The normalized spacial score (nSPS) is 26.8. The lowest BCUT2D eigenvalue weighted by molar-refractivity contribution is -0.124. The first-order valence-electron chi connectivity index (χ1n) is 11.6. The van der Waals surface area contributed by atoms with Gasteiger partial charge in [0, 0.05) is 29.1 Å². The number of ether oxygens (including phenoxy) is 1. The third-order valence-electron chi connectivity index (χ3n) is 7.71. The van der Waals surface area contributed by atoms with E-state index in [0.29, 0.717) is 0 Å². The minimum atomic E-state index is -0.587. The minimum Gasteiger partial charge on any atom is -0.467 e. The van der Waals surface area contributed by atoms with Gasteiger partial charge in [-0.1, -0.05) is 48.5 Å². The summed E-state index contributed by atoms with van der Waals surface area (Å²) in [5.74, 6) is 1.04. The molecule has 3 heterocycles. The third-order valence-corrected chi connectivity index (χ3v) is 7.71. The average Bonchev–Trinajstić information content (AvgIpc) is 3.11. The molecule has 3 atom stereocenters. The van der Waals surface area contributed by atoms with Crippen LogP contribution in [0.5, 0.6) is 5.75 Å². The second kappa shape index (κ2) is 6.06. The van der Waals surface area contributed by atoms with Gasteiger partial charge in [-0.25, -0.2) is 0 Å². The van der Waals surface area contributed by atoms with Crippen molar-refractivity contribution in [1.82, 2.24) is 5.32 Å². The molecule has 3 aromatic rings.